The SMILES string of the molecule is CCCCC/C=C\C/C=C\CCCCCCCC(=O)OCCCCCCCC/C=C\C[C@H](O)CCCCCC. The third kappa shape index (κ3) is 32.8. The zero-order valence-corrected chi connectivity index (χ0v) is 26.2. The van der Waals surface area contributed by atoms with Gasteiger partial charge in [-0.1, -0.05) is 134 Å². The van der Waals surface area contributed by atoms with E-state index in [1.54, 1.807) is 0 Å². The zero-order chi connectivity index (χ0) is 28.5. The minimum absolute atomic E-state index is 0.0152. The maximum absolute atomic E-state index is 11.9. The molecule has 0 aromatic rings. The predicted octanol–water partition coefficient (Wildman–Crippen LogP) is 11.4. The summed E-state index contributed by atoms with van der Waals surface area (Å²) >= 11 is 0. The van der Waals surface area contributed by atoms with Crippen LogP contribution in [0.5, 0.6) is 0 Å². The fourth-order valence-electron chi connectivity index (χ4n) is 4.71. The molecule has 228 valence electrons. The van der Waals surface area contributed by atoms with Crippen molar-refractivity contribution >= 4 is 5.97 Å². The van der Waals surface area contributed by atoms with Gasteiger partial charge in [-0.3, -0.25) is 4.79 Å². The van der Waals surface area contributed by atoms with Gasteiger partial charge in [-0.2, -0.15) is 0 Å². The maximum atomic E-state index is 11.9. The van der Waals surface area contributed by atoms with E-state index in [2.05, 4.69) is 50.3 Å². The number of carbonyl (C=O) groups is 1. The lowest BCUT2D eigenvalue weighted by Gasteiger charge is -2.07. The molecule has 3 nitrogen and oxygen atoms in total. The summed E-state index contributed by atoms with van der Waals surface area (Å²) in [5, 5.41) is 9.98. The van der Waals surface area contributed by atoms with Gasteiger partial charge in [0, 0.05) is 6.42 Å². The fourth-order valence-corrected chi connectivity index (χ4v) is 4.71. The van der Waals surface area contributed by atoms with Crippen LogP contribution in [0.2, 0.25) is 0 Å². The molecule has 0 aliphatic carbocycles. The van der Waals surface area contributed by atoms with E-state index in [1.165, 1.54) is 96.3 Å². The van der Waals surface area contributed by atoms with Gasteiger partial charge in [0.05, 0.1) is 12.7 Å². The average Bonchev–Trinajstić information content (AvgIpc) is 2.93. The van der Waals surface area contributed by atoms with Crippen molar-refractivity contribution in [2.75, 3.05) is 6.61 Å². The number of ether oxygens (including phenoxy) is 1. The standard InChI is InChI=1S/C36H66O3/c1-3-5-7-9-10-11-12-13-14-15-16-19-22-25-29-33-36(38)39-34-30-26-23-20-17-18-21-24-28-32-35(37)31-27-8-6-4-2/h10-11,13-14,24,28,35,37H,3-9,12,15-23,25-27,29-34H2,1-2H3/b11-10-,14-13-,28-24-/t35-/m1/s1. The van der Waals surface area contributed by atoms with Gasteiger partial charge in [0.2, 0.25) is 0 Å². The first-order valence-electron chi connectivity index (χ1n) is 17.0. The van der Waals surface area contributed by atoms with E-state index in [9.17, 15) is 9.90 Å². The summed E-state index contributed by atoms with van der Waals surface area (Å²) in [5.74, 6) is -0.0152. The molecule has 0 aliphatic heterocycles. The summed E-state index contributed by atoms with van der Waals surface area (Å²) in [5.41, 5.74) is 0. The van der Waals surface area contributed by atoms with Crippen LogP contribution in [-0.4, -0.2) is 23.8 Å². The number of aliphatic hydroxyl groups is 1. The van der Waals surface area contributed by atoms with Crippen molar-refractivity contribution in [2.45, 2.75) is 180 Å². The van der Waals surface area contributed by atoms with Gasteiger partial charge < -0.3 is 9.84 Å². The molecule has 0 fully saturated rings. The van der Waals surface area contributed by atoms with Gasteiger partial charge in [-0.05, 0) is 70.6 Å². The molecule has 0 radical (unpaired) electrons. The number of unbranched alkanes of at least 4 members (excludes halogenated alkanes) is 17. The zero-order valence-electron chi connectivity index (χ0n) is 26.2. The molecule has 0 aromatic heterocycles. The van der Waals surface area contributed by atoms with Gasteiger partial charge in [0.1, 0.15) is 0 Å². The van der Waals surface area contributed by atoms with Crippen LogP contribution < -0.4 is 0 Å². The first-order valence-corrected chi connectivity index (χ1v) is 17.0. The number of esters is 1. The Kier molecular flexibility index (Phi) is 31.7. The summed E-state index contributed by atoms with van der Waals surface area (Å²) < 4.78 is 5.41. The minimum Gasteiger partial charge on any atom is -0.466 e. The molecule has 0 aliphatic rings. The molecule has 0 heterocycles. The Morgan fingerprint density at radius 3 is 1.72 bits per heavy atom. The molecule has 1 atom stereocenters. The normalized spacial score (nSPS) is 12.8. The van der Waals surface area contributed by atoms with Crippen LogP contribution in [-0.2, 0) is 9.53 Å². The van der Waals surface area contributed by atoms with Crippen LogP contribution in [0.3, 0.4) is 0 Å². The number of rotatable bonds is 30. The second kappa shape index (κ2) is 32.9. The Balaban J connectivity index is 3.32. The van der Waals surface area contributed by atoms with Crippen LogP contribution >= 0.6 is 0 Å². The molecule has 39 heavy (non-hydrogen) atoms. The summed E-state index contributed by atoms with van der Waals surface area (Å²) in [6, 6.07) is 0. The molecule has 0 saturated heterocycles. The lowest BCUT2D eigenvalue weighted by Crippen LogP contribution is -2.05. The first kappa shape index (κ1) is 37.6. The molecular formula is C36H66O3. The third-order valence-electron chi connectivity index (χ3n) is 7.33. The van der Waals surface area contributed by atoms with Gasteiger partial charge in [0.15, 0.2) is 0 Å². The molecule has 3 heteroatoms. The second-order valence-corrected chi connectivity index (χ2v) is 11.3. The third-order valence-corrected chi connectivity index (χ3v) is 7.33. The van der Waals surface area contributed by atoms with Crippen molar-refractivity contribution in [3.63, 3.8) is 0 Å². The van der Waals surface area contributed by atoms with E-state index in [0.29, 0.717) is 13.0 Å². The highest BCUT2D eigenvalue weighted by Gasteiger charge is 2.03. The van der Waals surface area contributed by atoms with E-state index in [1.807, 2.05) is 0 Å². The Labute approximate surface area is 244 Å². The maximum Gasteiger partial charge on any atom is 0.305 e. The molecule has 0 spiro atoms. The van der Waals surface area contributed by atoms with Gasteiger partial charge in [-0.15, -0.1) is 0 Å². The smallest absolute Gasteiger partial charge is 0.305 e. The van der Waals surface area contributed by atoms with Gasteiger partial charge >= 0.3 is 5.97 Å². The number of aliphatic hydroxyl groups excluding tert-OH is 1. The molecule has 0 unspecified atom stereocenters. The molecule has 0 saturated carbocycles. The van der Waals surface area contributed by atoms with Crippen molar-refractivity contribution < 1.29 is 14.6 Å². The van der Waals surface area contributed by atoms with Crippen LogP contribution in [0.15, 0.2) is 36.5 Å². The topological polar surface area (TPSA) is 46.5 Å². The van der Waals surface area contributed by atoms with Crippen LogP contribution in [0.25, 0.3) is 0 Å². The van der Waals surface area contributed by atoms with Crippen LogP contribution in [0.4, 0.5) is 0 Å². The van der Waals surface area contributed by atoms with Gasteiger partial charge in [-0.25, -0.2) is 0 Å². The Morgan fingerprint density at radius 1 is 0.590 bits per heavy atom. The van der Waals surface area contributed by atoms with Crippen molar-refractivity contribution in [3.8, 4) is 0 Å². The van der Waals surface area contributed by atoms with Crippen molar-refractivity contribution in [3.05, 3.63) is 36.5 Å². The minimum atomic E-state index is -0.160. The highest BCUT2D eigenvalue weighted by Crippen LogP contribution is 2.12. The average molecular weight is 547 g/mol. The summed E-state index contributed by atoms with van der Waals surface area (Å²) in [6.07, 6.45) is 42.2. The first-order chi connectivity index (χ1) is 19.2. The summed E-state index contributed by atoms with van der Waals surface area (Å²) in [6.45, 7) is 5.05. The molecule has 0 amide bonds. The van der Waals surface area contributed by atoms with E-state index < -0.39 is 0 Å². The lowest BCUT2D eigenvalue weighted by atomic mass is 10.1. The van der Waals surface area contributed by atoms with Crippen LogP contribution in [0.1, 0.15) is 174 Å². The Bertz CT molecular complexity index is 578. The lowest BCUT2D eigenvalue weighted by molar-refractivity contribution is -0.143. The van der Waals surface area contributed by atoms with Crippen molar-refractivity contribution in [1.29, 1.82) is 0 Å². The second-order valence-electron chi connectivity index (χ2n) is 11.3. The number of hydrogen-bond donors (Lipinski definition) is 1. The number of carbonyl (C=O) groups excluding carboxylic acids is 1. The monoisotopic (exact) mass is 547 g/mol. The molecular weight excluding hydrogens is 480 g/mol. The number of hydrogen-bond acceptors (Lipinski definition) is 3. The quantitative estimate of drug-likeness (QED) is 0.0553. The summed E-state index contributed by atoms with van der Waals surface area (Å²) in [7, 11) is 0. The molecule has 0 aromatic carbocycles. The van der Waals surface area contributed by atoms with E-state index >= 15 is 0 Å². The largest absolute Gasteiger partial charge is 0.466 e. The van der Waals surface area contributed by atoms with Crippen LogP contribution in [0, 0.1) is 0 Å². The highest BCUT2D eigenvalue weighted by molar-refractivity contribution is 5.69. The fraction of sp³-hybridized carbons (Fsp3) is 0.806. The Morgan fingerprint density at radius 2 is 1.08 bits per heavy atom. The molecule has 0 bridgehead atoms. The Hall–Kier alpha value is -1.35. The van der Waals surface area contributed by atoms with Crippen molar-refractivity contribution in [2.24, 2.45) is 0 Å². The van der Waals surface area contributed by atoms with E-state index in [4.69, 9.17) is 4.74 Å². The number of allylic oxidation sites excluding steroid dienone is 5. The molecule has 1 N–H and O–H groups in total. The van der Waals surface area contributed by atoms with Gasteiger partial charge in [0.25, 0.3) is 0 Å². The van der Waals surface area contributed by atoms with E-state index in [0.717, 1.165) is 57.8 Å². The molecule has 0 rings (SSSR count). The summed E-state index contributed by atoms with van der Waals surface area (Å²) in [4.78, 5) is 11.9. The highest BCUT2D eigenvalue weighted by atomic mass is 16.5. The van der Waals surface area contributed by atoms with Crippen molar-refractivity contribution in [1.82, 2.24) is 0 Å². The predicted molar refractivity (Wildman–Crippen MR) is 171 cm³/mol. The van der Waals surface area contributed by atoms with E-state index in [-0.39, 0.29) is 12.1 Å².